The maximum Gasteiger partial charge on any atom is 0.433 e. The van der Waals surface area contributed by atoms with Crippen molar-refractivity contribution >= 4 is 5.95 Å². The minimum Gasteiger partial charge on any atom is -0.396 e. The van der Waals surface area contributed by atoms with Crippen LogP contribution in [0.5, 0.6) is 0 Å². The predicted molar refractivity (Wildman–Crippen MR) is 59.1 cm³/mol. The number of rotatable bonds is 2. The molecule has 1 aliphatic heterocycles. The number of anilines is 1. The van der Waals surface area contributed by atoms with Crippen molar-refractivity contribution in [1.82, 2.24) is 9.97 Å². The summed E-state index contributed by atoms with van der Waals surface area (Å²) in [4.78, 5) is 9.12. The fourth-order valence-electron chi connectivity index (χ4n) is 2.05. The molecule has 0 aliphatic carbocycles. The maximum atomic E-state index is 12.5. The molecule has 0 saturated carbocycles. The standard InChI is InChI=1S/C11H14F3N3O/c12-11(13,14)9-3-4-15-10(16-9)17-5-1-2-8(6-17)7-18/h3-4,8,18H,1-2,5-7H2/t8-/m0/s1. The van der Waals surface area contributed by atoms with E-state index in [0.717, 1.165) is 25.1 Å². The third kappa shape index (κ3) is 2.90. The zero-order valence-electron chi connectivity index (χ0n) is 9.69. The summed E-state index contributed by atoms with van der Waals surface area (Å²) in [5, 5.41) is 9.09. The smallest absolute Gasteiger partial charge is 0.396 e. The van der Waals surface area contributed by atoms with Gasteiger partial charge in [-0.1, -0.05) is 0 Å². The van der Waals surface area contributed by atoms with Gasteiger partial charge in [-0.2, -0.15) is 13.2 Å². The summed E-state index contributed by atoms with van der Waals surface area (Å²) in [5.41, 5.74) is -0.932. The second kappa shape index (κ2) is 5.09. The second-order valence-corrected chi connectivity index (χ2v) is 4.38. The normalized spacial score (nSPS) is 21.1. The van der Waals surface area contributed by atoms with E-state index in [1.807, 2.05) is 0 Å². The van der Waals surface area contributed by atoms with Gasteiger partial charge in [0.15, 0.2) is 0 Å². The van der Waals surface area contributed by atoms with Crippen molar-refractivity contribution < 1.29 is 18.3 Å². The SMILES string of the molecule is OC[C@H]1CCCN(c2nccc(C(F)(F)F)n2)C1. The summed E-state index contributed by atoms with van der Waals surface area (Å²) in [7, 11) is 0. The predicted octanol–water partition coefficient (Wildman–Crippen LogP) is 1.70. The molecule has 100 valence electrons. The first-order chi connectivity index (χ1) is 8.50. The number of aromatic nitrogens is 2. The Morgan fingerprint density at radius 3 is 2.89 bits per heavy atom. The Bertz CT molecular complexity index is 411. The lowest BCUT2D eigenvalue weighted by Crippen LogP contribution is -2.38. The Hall–Kier alpha value is -1.37. The van der Waals surface area contributed by atoms with Crippen molar-refractivity contribution in [2.24, 2.45) is 5.92 Å². The van der Waals surface area contributed by atoms with Crippen molar-refractivity contribution in [3.05, 3.63) is 18.0 Å². The van der Waals surface area contributed by atoms with E-state index in [2.05, 4.69) is 9.97 Å². The van der Waals surface area contributed by atoms with Gasteiger partial charge in [-0.3, -0.25) is 0 Å². The average molecular weight is 261 g/mol. The van der Waals surface area contributed by atoms with Crippen LogP contribution >= 0.6 is 0 Å². The fourth-order valence-corrected chi connectivity index (χ4v) is 2.05. The Labute approximate surface area is 102 Å². The first-order valence-corrected chi connectivity index (χ1v) is 5.77. The Morgan fingerprint density at radius 1 is 1.44 bits per heavy atom. The first kappa shape index (κ1) is 13.1. The van der Waals surface area contributed by atoms with Crippen LogP contribution in [0.1, 0.15) is 18.5 Å². The van der Waals surface area contributed by atoms with Crippen LogP contribution in [0, 0.1) is 5.92 Å². The monoisotopic (exact) mass is 261 g/mol. The van der Waals surface area contributed by atoms with E-state index in [9.17, 15) is 13.2 Å². The van der Waals surface area contributed by atoms with Gasteiger partial charge in [0.25, 0.3) is 0 Å². The van der Waals surface area contributed by atoms with Gasteiger partial charge in [-0.15, -0.1) is 0 Å². The van der Waals surface area contributed by atoms with E-state index in [4.69, 9.17) is 5.11 Å². The largest absolute Gasteiger partial charge is 0.433 e. The third-order valence-corrected chi connectivity index (χ3v) is 2.99. The van der Waals surface area contributed by atoms with Gasteiger partial charge in [0, 0.05) is 25.9 Å². The van der Waals surface area contributed by atoms with Crippen LogP contribution in [0.15, 0.2) is 12.3 Å². The highest BCUT2D eigenvalue weighted by Crippen LogP contribution is 2.29. The molecule has 0 bridgehead atoms. The van der Waals surface area contributed by atoms with Crippen molar-refractivity contribution in [3.8, 4) is 0 Å². The lowest BCUT2D eigenvalue weighted by Gasteiger charge is -2.31. The molecule has 18 heavy (non-hydrogen) atoms. The molecule has 1 fully saturated rings. The molecule has 2 rings (SSSR count). The van der Waals surface area contributed by atoms with Gasteiger partial charge in [-0.25, -0.2) is 9.97 Å². The van der Waals surface area contributed by atoms with Gasteiger partial charge >= 0.3 is 6.18 Å². The van der Waals surface area contributed by atoms with Gasteiger partial charge < -0.3 is 10.0 Å². The topological polar surface area (TPSA) is 49.2 Å². The third-order valence-electron chi connectivity index (χ3n) is 2.99. The summed E-state index contributed by atoms with van der Waals surface area (Å²) in [6, 6.07) is 0.858. The highest BCUT2D eigenvalue weighted by Gasteiger charge is 2.33. The minimum absolute atomic E-state index is 0.0372. The molecule has 0 radical (unpaired) electrons. The van der Waals surface area contributed by atoms with Crippen molar-refractivity contribution in [1.29, 1.82) is 0 Å². The highest BCUT2D eigenvalue weighted by molar-refractivity contribution is 5.31. The van der Waals surface area contributed by atoms with Crippen molar-refractivity contribution in [3.63, 3.8) is 0 Å². The zero-order valence-corrected chi connectivity index (χ0v) is 9.69. The average Bonchev–Trinajstić information content (AvgIpc) is 2.38. The molecule has 1 aliphatic rings. The molecule has 7 heteroatoms. The fraction of sp³-hybridized carbons (Fsp3) is 0.636. The molecule has 0 spiro atoms. The summed E-state index contributed by atoms with van der Waals surface area (Å²) in [6.45, 7) is 1.16. The van der Waals surface area contributed by atoms with Gasteiger partial charge in [-0.05, 0) is 24.8 Å². The van der Waals surface area contributed by atoms with E-state index < -0.39 is 11.9 Å². The van der Waals surface area contributed by atoms with Crippen LogP contribution in [-0.2, 0) is 6.18 Å². The summed E-state index contributed by atoms with van der Waals surface area (Å²) < 4.78 is 37.6. The van der Waals surface area contributed by atoms with E-state index in [-0.39, 0.29) is 18.5 Å². The molecule has 0 unspecified atom stereocenters. The lowest BCUT2D eigenvalue weighted by molar-refractivity contribution is -0.141. The number of aliphatic hydroxyl groups excluding tert-OH is 1. The van der Waals surface area contributed by atoms with Crippen molar-refractivity contribution in [2.75, 3.05) is 24.6 Å². The van der Waals surface area contributed by atoms with Crippen molar-refractivity contribution in [2.45, 2.75) is 19.0 Å². The quantitative estimate of drug-likeness (QED) is 0.880. The van der Waals surface area contributed by atoms with Crippen LogP contribution in [0.2, 0.25) is 0 Å². The molecule has 1 aromatic heterocycles. The summed E-state index contributed by atoms with van der Waals surface area (Å²) in [5.74, 6) is 0.167. The molecule has 0 amide bonds. The molecule has 1 atom stereocenters. The lowest BCUT2D eigenvalue weighted by atomic mass is 9.99. The molecule has 1 N–H and O–H groups in total. The van der Waals surface area contributed by atoms with Crippen LogP contribution in [0.4, 0.5) is 19.1 Å². The number of hydrogen-bond acceptors (Lipinski definition) is 4. The summed E-state index contributed by atoms with van der Waals surface area (Å²) in [6.07, 6.45) is -1.63. The van der Waals surface area contributed by atoms with Crippen LogP contribution < -0.4 is 4.90 Å². The number of piperidine rings is 1. The molecule has 1 saturated heterocycles. The van der Waals surface area contributed by atoms with Crippen LogP contribution in [-0.4, -0.2) is 34.8 Å². The second-order valence-electron chi connectivity index (χ2n) is 4.38. The molecule has 0 aromatic carbocycles. The highest BCUT2D eigenvalue weighted by atomic mass is 19.4. The van der Waals surface area contributed by atoms with Gasteiger partial charge in [0.2, 0.25) is 5.95 Å². The zero-order chi connectivity index (χ0) is 13.2. The van der Waals surface area contributed by atoms with E-state index in [1.54, 1.807) is 4.90 Å². The van der Waals surface area contributed by atoms with Crippen LogP contribution in [0.3, 0.4) is 0 Å². The number of alkyl halides is 3. The number of aliphatic hydroxyl groups is 1. The minimum atomic E-state index is -4.45. The molecule has 4 nitrogen and oxygen atoms in total. The summed E-state index contributed by atoms with van der Waals surface area (Å²) >= 11 is 0. The number of halogens is 3. The first-order valence-electron chi connectivity index (χ1n) is 5.77. The molecule has 2 heterocycles. The van der Waals surface area contributed by atoms with E-state index >= 15 is 0 Å². The van der Waals surface area contributed by atoms with Gasteiger partial charge in [0.1, 0.15) is 5.69 Å². The van der Waals surface area contributed by atoms with Crippen LogP contribution in [0.25, 0.3) is 0 Å². The Kier molecular flexibility index (Phi) is 3.70. The molecular formula is C11H14F3N3O. The Balaban J connectivity index is 2.18. The maximum absolute atomic E-state index is 12.5. The molecular weight excluding hydrogens is 247 g/mol. The number of hydrogen-bond donors (Lipinski definition) is 1. The van der Waals surface area contributed by atoms with Gasteiger partial charge in [0.05, 0.1) is 0 Å². The Morgan fingerprint density at radius 2 is 2.22 bits per heavy atom. The van der Waals surface area contributed by atoms with E-state index in [0.29, 0.717) is 13.1 Å². The molecule has 1 aromatic rings. The number of nitrogens with zero attached hydrogens (tertiary/aromatic N) is 3. The van der Waals surface area contributed by atoms with E-state index in [1.165, 1.54) is 0 Å².